The summed E-state index contributed by atoms with van der Waals surface area (Å²) in [5.74, 6) is -1.79. The number of alkyl halides is 8. The SMILES string of the molecule is CC1(C)OC(COC(F)(F)C(F)(F)SOOF)C(COC(F)(F)C(F)(F)S(=O)(=O)F)O1. The quantitative estimate of drug-likeness (QED) is 0.124. The number of hydrogen-bond donors (Lipinski definition) is 0. The van der Waals surface area contributed by atoms with Crippen LogP contribution in [0.5, 0.6) is 0 Å². The molecule has 0 aromatic rings. The molecule has 1 rings (SSSR count). The molecule has 1 aliphatic heterocycles. The Labute approximate surface area is 171 Å². The Morgan fingerprint density at radius 2 is 1.32 bits per heavy atom. The maximum Gasteiger partial charge on any atom is 0.464 e. The van der Waals surface area contributed by atoms with E-state index in [0.717, 1.165) is 13.8 Å². The predicted octanol–water partition coefficient (Wildman–Crippen LogP) is 3.69. The van der Waals surface area contributed by atoms with Gasteiger partial charge in [-0.1, -0.05) is 3.89 Å². The average molecular weight is 526 g/mol. The van der Waals surface area contributed by atoms with Gasteiger partial charge in [-0.15, -0.1) is 4.33 Å². The van der Waals surface area contributed by atoms with Gasteiger partial charge in [0.15, 0.2) is 5.79 Å². The van der Waals surface area contributed by atoms with Crippen LogP contribution in [0.3, 0.4) is 0 Å². The molecule has 186 valence electrons. The minimum atomic E-state index is -7.13. The lowest BCUT2D eigenvalue weighted by Gasteiger charge is -2.27. The van der Waals surface area contributed by atoms with Crippen molar-refractivity contribution in [2.45, 2.75) is 54.6 Å². The van der Waals surface area contributed by atoms with Gasteiger partial charge >= 0.3 is 32.9 Å². The van der Waals surface area contributed by atoms with Gasteiger partial charge in [-0.25, -0.2) is 0 Å². The summed E-state index contributed by atoms with van der Waals surface area (Å²) in [6.45, 7) is -1.13. The molecule has 2 atom stereocenters. The zero-order valence-electron chi connectivity index (χ0n) is 14.9. The van der Waals surface area contributed by atoms with Crippen LogP contribution in [0, 0.1) is 0 Å². The van der Waals surface area contributed by atoms with E-state index < -0.39 is 76.2 Å². The van der Waals surface area contributed by atoms with Gasteiger partial charge in [-0.3, -0.25) is 0 Å². The maximum atomic E-state index is 13.5. The largest absolute Gasteiger partial charge is 0.464 e. The fourth-order valence-corrected chi connectivity index (χ4v) is 2.59. The Morgan fingerprint density at radius 3 is 1.71 bits per heavy atom. The van der Waals surface area contributed by atoms with Gasteiger partial charge in [0.25, 0.3) is 0 Å². The summed E-state index contributed by atoms with van der Waals surface area (Å²) in [5.41, 5.74) is 0. The van der Waals surface area contributed by atoms with Gasteiger partial charge in [-0.05, 0) is 23.5 Å². The summed E-state index contributed by atoms with van der Waals surface area (Å²) in [6, 6.07) is 0. The van der Waals surface area contributed by atoms with E-state index in [-0.39, 0.29) is 0 Å². The van der Waals surface area contributed by atoms with Crippen LogP contribution in [-0.2, 0) is 38.6 Å². The number of ether oxygens (including phenoxy) is 4. The highest BCUT2D eigenvalue weighted by Gasteiger charge is 2.69. The average Bonchev–Trinajstić information content (AvgIpc) is 2.89. The third-order valence-corrected chi connectivity index (χ3v) is 4.71. The Kier molecular flexibility index (Phi) is 8.53. The van der Waals surface area contributed by atoms with Crippen LogP contribution < -0.4 is 0 Å². The molecule has 0 aromatic carbocycles. The summed E-state index contributed by atoms with van der Waals surface area (Å²) < 4.78 is 170. The normalized spacial score (nSPS) is 23.4. The zero-order valence-corrected chi connectivity index (χ0v) is 16.6. The van der Waals surface area contributed by atoms with Crippen LogP contribution in [0.4, 0.5) is 43.5 Å². The van der Waals surface area contributed by atoms with E-state index in [1.165, 1.54) is 0 Å². The van der Waals surface area contributed by atoms with Crippen LogP contribution >= 0.6 is 12.0 Å². The molecule has 0 bridgehead atoms. The summed E-state index contributed by atoms with van der Waals surface area (Å²) in [6.07, 6.45) is -15.3. The third kappa shape index (κ3) is 6.68. The van der Waals surface area contributed by atoms with Crippen molar-refractivity contribution >= 4 is 22.3 Å². The second-order valence-corrected chi connectivity index (χ2v) is 8.26. The molecule has 0 aliphatic carbocycles. The molecule has 2 unspecified atom stereocenters. The smallest absolute Gasteiger partial charge is 0.342 e. The van der Waals surface area contributed by atoms with Crippen LogP contribution in [0.1, 0.15) is 13.8 Å². The van der Waals surface area contributed by atoms with Crippen LogP contribution in [0.25, 0.3) is 0 Å². The highest BCUT2D eigenvalue weighted by Crippen LogP contribution is 2.45. The Morgan fingerprint density at radius 1 is 0.903 bits per heavy atom. The maximum absolute atomic E-state index is 13.5. The fourth-order valence-electron chi connectivity index (χ4n) is 1.98. The number of halogens is 10. The third-order valence-electron chi connectivity index (χ3n) is 3.29. The number of rotatable bonds is 12. The van der Waals surface area contributed by atoms with Gasteiger partial charge in [0.1, 0.15) is 24.3 Å². The van der Waals surface area contributed by atoms with E-state index in [9.17, 15) is 52.0 Å². The van der Waals surface area contributed by atoms with Crippen LogP contribution in [-0.4, -0.2) is 62.4 Å². The molecule has 1 fully saturated rings. The zero-order chi connectivity index (χ0) is 24.5. The molecule has 31 heavy (non-hydrogen) atoms. The molecule has 20 heteroatoms. The van der Waals surface area contributed by atoms with Gasteiger partial charge < -0.3 is 18.9 Å². The predicted molar refractivity (Wildman–Crippen MR) is 76.4 cm³/mol. The van der Waals surface area contributed by atoms with E-state index >= 15 is 0 Å². The Hall–Kier alpha value is -0.640. The van der Waals surface area contributed by atoms with Crippen LogP contribution in [0.2, 0.25) is 0 Å². The first kappa shape index (κ1) is 28.4. The highest BCUT2D eigenvalue weighted by molar-refractivity contribution is 7.95. The molecule has 1 heterocycles. The lowest BCUT2D eigenvalue weighted by molar-refractivity contribution is -0.368. The fraction of sp³-hybridized carbons (Fsp3) is 1.00. The first-order chi connectivity index (χ1) is 13.7. The second-order valence-electron chi connectivity index (χ2n) is 6.05. The van der Waals surface area contributed by atoms with Crippen molar-refractivity contribution in [2.24, 2.45) is 0 Å². The van der Waals surface area contributed by atoms with Crippen molar-refractivity contribution in [1.82, 2.24) is 0 Å². The molecule has 0 saturated carbocycles. The van der Waals surface area contributed by atoms with Crippen molar-refractivity contribution < 1.29 is 80.3 Å². The first-order valence-corrected chi connectivity index (χ1v) is 9.54. The van der Waals surface area contributed by atoms with E-state index in [0.29, 0.717) is 0 Å². The summed E-state index contributed by atoms with van der Waals surface area (Å²) in [5, 5.41) is -9.33. The second kappa shape index (κ2) is 9.31. The monoisotopic (exact) mass is 526 g/mol. The molecule has 0 spiro atoms. The van der Waals surface area contributed by atoms with Crippen molar-refractivity contribution in [3.63, 3.8) is 0 Å². The van der Waals surface area contributed by atoms with Gasteiger partial charge in [-0.2, -0.15) is 43.5 Å². The lowest BCUT2D eigenvalue weighted by Crippen LogP contribution is -2.49. The minimum Gasteiger partial charge on any atom is -0.342 e. The minimum absolute atomic E-state index is 1.06. The first-order valence-electron chi connectivity index (χ1n) is 7.41. The van der Waals surface area contributed by atoms with Gasteiger partial charge in [0, 0.05) is 0 Å². The van der Waals surface area contributed by atoms with E-state index in [4.69, 9.17) is 9.47 Å². The summed E-state index contributed by atoms with van der Waals surface area (Å²) in [4.78, 5) is 0. The molecule has 0 radical (unpaired) electrons. The Bertz CT molecular complexity index is 719. The molecule has 1 aliphatic rings. The van der Waals surface area contributed by atoms with E-state index in [1.54, 1.807) is 0 Å². The number of hydrogen-bond acceptors (Lipinski definition) is 9. The van der Waals surface area contributed by atoms with Crippen molar-refractivity contribution in [2.75, 3.05) is 13.2 Å². The topological polar surface area (TPSA) is 89.5 Å². The Balaban J connectivity index is 2.88. The molecule has 8 nitrogen and oxygen atoms in total. The van der Waals surface area contributed by atoms with Crippen molar-refractivity contribution in [3.8, 4) is 0 Å². The van der Waals surface area contributed by atoms with Gasteiger partial charge in [0.2, 0.25) is 0 Å². The summed E-state index contributed by atoms with van der Waals surface area (Å²) >= 11 is -1.49. The van der Waals surface area contributed by atoms with Gasteiger partial charge in [0.05, 0.1) is 13.2 Å². The van der Waals surface area contributed by atoms with E-state index in [1.807, 2.05) is 0 Å². The molecule has 1 saturated heterocycles. The molecular weight excluding hydrogens is 514 g/mol. The van der Waals surface area contributed by atoms with Crippen LogP contribution in [0.15, 0.2) is 0 Å². The van der Waals surface area contributed by atoms with Crippen molar-refractivity contribution in [1.29, 1.82) is 0 Å². The molecule has 0 aromatic heterocycles. The summed E-state index contributed by atoms with van der Waals surface area (Å²) in [7, 11) is -7.13. The standard InChI is InChI=1S/C11H12F10O8S2/c1-7(2)26-5(3-24-8(12,13)10(16,17)30-29-28-20)6(27-7)4-25-9(14,15)11(18,19)31(21,22)23/h5-6H,3-4H2,1-2H3. The van der Waals surface area contributed by atoms with E-state index in [2.05, 4.69) is 18.9 Å². The van der Waals surface area contributed by atoms with Crippen molar-refractivity contribution in [3.05, 3.63) is 0 Å². The lowest BCUT2D eigenvalue weighted by atomic mass is 10.2. The highest BCUT2D eigenvalue weighted by atomic mass is 32.3. The molecule has 0 amide bonds. The molecule has 0 N–H and O–H groups in total. The molecular formula is C11H12F10O8S2.